The molecule has 2 aromatic carbocycles. The summed E-state index contributed by atoms with van der Waals surface area (Å²) < 4.78 is 11.9. The summed E-state index contributed by atoms with van der Waals surface area (Å²) in [7, 11) is 0. The van der Waals surface area contributed by atoms with Gasteiger partial charge in [-0.2, -0.15) is 0 Å². The van der Waals surface area contributed by atoms with Gasteiger partial charge in [0.2, 0.25) is 5.76 Å². The molecule has 0 bridgehead atoms. The first-order chi connectivity index (χ1) is 17.7. The number of nitrogens with zero attached hydrogens (tertiary/aromatic N) is 2. The van der Waals surface area contributed by atoms with Gasteiger partial charge in [-0.1, -0.05) is 36.8 Å². The van der Waals surface area contributed by atoms with Crippen LogP contribution in [0, 0.1) is 20.8 Å². The Kier molecular flexibility index (Phi) is 6.45. The van der Waals surface area contributed by atoms with Crippen LogP contribution in [0.1, 0.15) is 80.9 Å². The largest absolute Gasteiger partial charge is 0.494 e. The Hall–Kier alpha value is -3.78. The summed E-state index contributed by atoms with van der Waals surface area (Å²) in [6.07, 6.45) is 1.99. The van der Waals surface area contributed by atoms with Gasteiger partial charge in [0.05, 0.1) is 34.2 Å². The Morgan fingerprint density at radius 3 is 2.46 bits per heavy atom. The zero-order valence-electron chi connectivity index (χ0n) is 21.5. The van der Waals surface area contributed by atoms with Crippen LogP contribution in [0.5, 0.6) is 5.75 Å². The molecule has 0 N–H and O–H groups in total. The number of thiazole rings is 1. The molecular weight excluding hydrogens is 488 g/mol. The maximum Gasteiger partial charge on any atom is 0.297 e. The highest BCUT2D eigenvalue weighted by molar-refractivity contribution is 7.17. The molecule has 4 aromatic rings. The maximum absolute atomic E-state index is 13.9. The predicted molar refractivity (Wildman–Crippen MR) is 144 cm³/mol. The van der Waals surface area contributed by atoms with E-state index in [1.54, 1.807) is 13.0 Å². The minimum Gasteiger partial charge on any atom is -0.494 e. The normalized spacial score (nSPS) is 14.9. The number of fused-ring (bicyclic) bond motifs is 2. The highest BCUT2D eigenvalue weighted by Gasteiger charge is 2.45. The quantitative estimate of drug-likeness (QED) is 0.211. The average molecular weight is 517 g/mol. The molecule has 1 aliphatic heterocycles. The van der Waals surface area contributed by atoms with E-state index in [2.05, 4.69) is 11.9 Å². The van der Waals surface area contributed by atoms with Crippen LogP contribution in [-0.4, -0.2) is 23.3 Å². The van der Waals surface area contributed by atoms with Gasteiger partial charge in [-0.3, -0.25) is 19.3 Å². The van der Waals surface area contributed by atoms with E-state index in [9.17, 15) is 14.4 Å². The average Bonchev–Trinajstić information content (AvgIpc) is 3.39. The molecule has 37 heavy (non-hydrogen) atoms. The highest BCUT2D eigenvalue weighted by atomic mass is 32.1. The number of ketones is 1. The van der Waals surface area contributed by atoms with Crippen molar-refractivity contribution in [3.8, 4) is 5.75 Å². The van der Waals surface area contributed by atoms with Crippen LogP contribution in [0.4, 0.5) is 5.13 Å². The van der Waals surface area contributed by atoms with E-state index in [0.717, 1.165) is 40.9 Å². The molecule has 0 spiro atoms. The number of aromatic nitrogens is 1. The summed E-state index contributed by atoms with van der Waals surface area (Å²) in [5, 5.41) is 0.781. The van der Waals surface area contributed by atoms with Crippen molar-refractivity contribution in [3.63, 3.8) is 0 Å². The summed E-state index contributed by atoms with van der Waals surface area (Å²) in [6, 6.07) is 10.3. The van der Waals surface area contributed by atoms with E-state index in [1.807, 2.05) is 44.2 Å². The molecular formula is C29H28N2O5S. The number of Topliss-reactive ketones (excluding diaryl/α,β-unsaturated/α-hetero) is 1. The molecule has 190 valence electrons. The van der Waals surface area contributed by atoms with Gasteiger partial charge in [0.15, 0.2) is 16.3 Å². The van der Waals surface area contributed by atoms with Gasteiger partial charge < -0.3 is 9.15 Å². The molecule has 0 radical (unpaired) electrons. The van der Waals surface area contributed by atoms with Gasteiger partial charge in [-0.15, -0.1) is 0 Å². The Morgan fingerprint density at radius 1 is 1.11 bits per heavy atom. The molecule has 0 aliphatic carbocycles. The Balaban J connectivity index is 1.70. The zero-order chi connectivity index (χ0) is 26.4. The Labute approximate surface area is 218 Å². The van der Waals surface area contributed by atoms with Gasteiger partial charge in [0.1, 0.15) is 11.3 Å². The Morgan fingerprint density at radius 2 is 1.81 bits per heavy atom. The minimum absolute atomic E-state index is 0.00579. The maximum atomic E-state index is 13.9. The molecule has 3 heterocycles. The third-order valence-electron chi connectivity index (χ3n) is 6.76. The third kappa shape index (κ3) is 4.25. The van der Waals surface area contributed by atoms with Gasteiger partial charge in [-0.25, -0.2) is 4.98 Å². The number of anilines is 1. The van der Waals surface area contributed by atoms with Crippen LogP contribution in [0.3, 0.4) is 0 Å². The van der Waals surface area contributed by atoms with E-state index in [1.165, 1.54) is 11.8 Å². The number of benzene rings is 2. The van der Waals surface area contributed by atoms with Gasteiger partial charge in [0, 0.05) is 6.92 Å². The molecule has 1 atom stereocenters. The number of ether oxygens (including phenoxy) is 1. The monoisotopic (exact) mass is 516 g/mol. The summed E-state index contributed by atoms with van der Waals surface area (Å²) in [5.41, 5.74) is 3.61. The smallest absolute Gasteiger partial charge is 0.297 e. The summed E-state index contributed by atoms with van der Waals surface area (Å²) >= 11 is 1.15. The first kappa shape index (κ1) is 24.9. The number of carbonyl (C=O) groups excluding carboxylic acids is 2. The van der Waals surface area contributed by atoms with Gasteiger partial charge >= 0.3 is 0 Å². The fourth-order valence-electron chi connectivity index (χ4n) is 4.63. The van der Waals surface area contributed by atoms with Crippen molar-refractivity contribution in [2.45, 2.75) is 53.5 Å². The van der Waals surface area contributed by atoms with E-state index in [4.69, 9.17) is 9.15 Å². The van der Waals surface area contributed by atoms with E-state index in [0.29, 0.717) is 39.0 Å². The van der Waals surface area contributed by atoms with Gasteiger partial charge in [-0.05, 0) is 68.1 Å². The van der Waals surface area contributed by atoms with Crippen molar-refractivity contribution in [1.29, 1.82) is 0 Å². The SMILES string of the molecule is CCCCOc1ccc(C2c3c(oc4cc(C)c(C)cc4c3=O)C(=O)N2c2nc(C)c(C(C)=O)s2)cc1. The fraction of sp³-hybridized carbons (Fsp3) is 0.310. The molecule has 1 unspecified atom stereocenters. The van der Waals surface area contributed by atoms with Crippen molar-refractivity contribution in [2.75, 3.05) is 11.5 Å². The molecule has 1 aliphatic rings. The molecule has 8 heteroatoms. The van der Waals surface area contributed by atoms with Crippen molar-refractivity contribution >= 4 is 39.1 Å². The number of aryl methyl sites for hydroxylation is 3. The number of unbranched alkanes of at least 4 members (excludes halogenated alkanes) is 1. The van der Waals surface area contributed by atoms with Gasteiger partial charge in [0.25, 0.3) is 5.91 Å². The van der Waals surface area contributed by atoms with Crippen molar-refractivity contribution in [1.82, 2.24) is 4.98 Å². The lowest BCUT2D eigenvalue weighted by Gasteiger charge is -2.22. The molecule has 0 saturated heterocycles. The lowest BCUT2D eigenvalue weighted by Crippen LogP contribution is -2.29. The van der Waals surface area contributed by atoms with E-state index in [-0.39, 0.29) is 22.5 Å². The van der Waals surface area contributed by atoms with E-state index < -0.39 is 11.9 Å². The number of carbonyl (C=O) groups is 2. The molecule has 1 amide bonds. The zero-order valence-corrected chi connectivity index (χ0v) is 22.3. The minimum atomic E-state index is -0.750. The second kappa shape index (κ2) is 9.59. The molecule has 0 saturated carbocycles. The van der Waals surface area contributed by atoms with Crippen LogP contribution in [0.2, 0.25) is 0 Å². The fourth-order valence-corrected chi connectivity index (χ4v) is 5.62. The summed E-state index contributed by atoms with van der Waals surface area (Å²) in [5.74, 6) is 0.144. The lowest BCUT2D eigenvalue weighted by atomic mass is 9.97. The molecule has 0 fully saturated rings. The van der Waals surface area contributed by atoms with Crippen LogP contribution in [0.25, 0.3) is 11.0 Å². The number of rotatable bonds is 7. The second-order valence-corrected chi connectivity index (χ2v) is 10.4. The first-order valence-electron chi connectivity index (χ1n) is 12.3. The standard InChI is InChI=1S/C29H28N2O5S/c1-6-7-12-35-20-10-8-19(9-11-20)24-23-25(33)21-13-15(2)16(3)14-22(21)36-26(23)28(34)31(24)29-30-17(4)27(37-29)18(5)32/h8-11,13-14,24H,6-7,12H2,1-5H3. The number of hydrogen-bond acceptors (Lipinski definition) is 7. The predicted octanol–water partition coefficient (Wildman–Crippen LogP) is 6.31. The van der Waals surface area contributed by atoms with Crippen LogP contribution >= 0.6 is 11.3 Å². The lowest BCUT2D eigenvalue weighted by molar-refractivity contribution is 0.0969. The number of amides is 1. The summed E-state index contributed by atoms with van der Waals surface area (Å²) in [6.45, 7) is 9.81. The third-order valence-corrected chi connectivity index (χ3v) is 8.02. The second-order valence-electron chi connectivity index (χ2n) is 9.42. The summed E-state index contributed by atoms with van der Waals surface area (Å²) in [4.78, 5) is 46.3. The van der Waals surface area contributed by atoms with Crippen LogP contribution in [0.15, 0.2) is 45.6 Å². The van der Waals surface area contributed by atoms with Crippen LogP contribution < -0.4 is 15.1 Å². The topological polar surface area (TPSA) is 89.7 Å². The molecule has 7 nitrogen and oxygen atoms in total. The number of hydrogen-bond donors (Lipinski definition) is 0. The van der Waals surface area contributed by atoms with Crippen molar-refractivity contribution < 1.29 is 18.7 Å². The van der Waals surface area contributed by atoms with E-state index >= 15 is 0 Å². The molecule has 2 aromatic heterocycles. The van der Waals surface area contributed by atoms with Crippen molar-refractivity contribution in [3.05, 3.63) is 85.2 Å². The van der Waals surface area contributed by atoms with Crippen LogP contribution in [-0.2, 0) is 0 Å². The first-order valence-corrected chi connectivity index (χ1v) is 13.2. The highest BCUT2D eigenvalue weighted by Crippen LogP contribution is 2.43. The molecule has 5 rings (SSSR count). The van der Waals surface area contributed by atoms with Crippen molar-refractivity contribution in [2.24, 2.45) is 0 Å². The Bertz CT molecular complexity index is 1600.